The molecule has 0 aliphatic heterocycles. The predicted octanol–water partition coefficient (Wildman–Crippen LogP) is 2.51. The van der Waals surface area contributed by atoms with E-state index < -0.39 is 17.9 Å². The molecule has 0 unspecified atom stereocenters. The first-order valence-corrected chi connectivity index (χ1v) is 7.38. The number of esters is 1. The molecular formula is C16H16ClN4O3+. The SMILES string of the molecule is C#[N+]c1ccc(C(=O)N(C)[C@H](Cc2cnc[nH]2)C(=O)OC)c(Cl)c1. The van der Waals surface area contributed by atoms with E-state index in [0.29, 0.717) is 11.4 Å². The Labute approximate surface area is 144 Å². The van der Waals surface area contributed by atoms with E-state index in [1.54, 1.807) is 12.3 Å². The number of carbonyl (C=O) groups is 2. The number of H-pyrrole nitrogens is 1. The van der Waals surface area contributed by atoms with Gasteiger partial charge in [0.2, 0.25) is 0 Å². The van der Waals surface area contributed by atoms with Crippen molar-refractivity contribution in [2.24, 2.45) is 0 Å². The maximum absolute atomic E-state index is 12.7. The largest absolute Gasteiger partial charge is 0.467 e. The van der Waals surface area contributed by atoms with Gasteiger partial charge in [-0.3, -0.25) is 4.79 Å². The second-order valence-corrected chi connectivity index (χ2v) is 5.44. The molecule has 0 saturated heterocycles. The molecule has 2 aromatic rings. The van der Waals surface area contributed by atoms with Gasteiger partial charge in [-0.05, 0) is 10.9 Å². The molecule has 0 spiro atoms. The van der Waals surface area contributed by atoms with Crippen molar-refractivity contribution in [2.75, 3.05) is 14.2 Å². The van der Waals surface area contributed by atoms with Gasteiger partial charge in [-0.2, -0.15) is 0 Å². The van der Waals surface area contributed by atoms with Crippen LogP contribution in [0.2, 0.25) is 5.02 Å². The van der Waals surface area contributed by atoms with Gasteiger partial charge in [-0.1, -0.05) is 11.6 Å². The molecular weight excluding hydrogens is 332 g/mol. The number of nitrogens with one attached hydrogen (secondary N) is 1. The Morgan fingerprint density at radius 1 is 1.50 bits per heavy atom. The van der Waals surface area contributed by atoms with Crippen molar-refractivity contribution in [1.29, 1.82) is 0 Å². The smallest absolute Gasteiger partial charge is 0.341 e. The topological polar surface area (TPSA) is 79.7 Å². The summed E-state index contributed by atoms with van der Waals surface area (Å²) in [6, 6.07) is 3.73. The molecule has 1 heterocycles. The first-order valence-electron chi connectivity index (χ1n) is 7.00. The van der Waals surface area contributed by atoms with Crippen LogP contribution in [0.3, 0.4) is 0 Å². The zero-order valence-corrected chi connectivity index (χ0v) is 13.9. The van der Waals surface area contributed by atoms with E-state index in [9.17, 15) is 9.59 Å². The van der Waals surface area contributed by atoms with E-state index in [1.165, 1.54) is 37.5 Å². The molecule has 1 aromatic carbocycles. The van der Waals surface area contributed by atoms with Crippen molar-refractivity contribution in [3.63, 3.8) is 0 Å². The molecule has 1 amide bonds. The summed E-state index contributed by atoms with van der Waals surface area (Å²) in [6.45, 7) is 5.19. The van der Waals surface area contributed by atoms with E-state index >= 15 is 0 Å². The second kappa shape index (κ2) is 7.62. The lowest BCUT2D eigenvalue weighted by atomic mass is 10.1. The van der Waals surface area contributed by atoms with Gasteiger partial charge in [0, 0.05) is 37.5 Å². The molecule has 0 saturated carbocycles. The van der Waals surface area contributed by atoms with Gasteiger partial charge >= 0.3 is 11.7 Å². The number of nitrogens with zero attached hydrogens (tertiary/aromatic N) is 3. The van der Waals surface area contributed by atoms with Gasteiger partial charge in [0.15, 0.2) is 0 Å². The zero-order valence-electron chi connectivity index (χ0n) is 13.2. The molecule has 2 rings (SSSR count). The summed E-state index contributed by atoms with van der Waals surface area (Å²) < 4.78 is 4.80. The number of amides is 1. The quantitative estimate of drug-likeness (QED) is 0.843. The highest BCUT2D eigenvalue weighted by molar-refractivity contribution is 6.34. The minimum absolute atomic E-state index is 0.198. The normalized spacial score (nSPS) is 11.4. The van der Waals surface area contributed by atoms with Crippen molar-refractivity contribution in [1.82, 2.24) is 14.9 Å². The number of ether oxygens (including phenoxy) is 1. The van der Waals surface area contributed by atoms with E-state index in [4.69, 9.17) is 22.9 Å². The van der Waals surface area contributed by atoms with Crippen LogP contribution >= 0.6 is 11.6 Å². The molecule has 1 N–H and O–H groups in total. The molecule has 0 aliphatic rings. The van der Waals surface area contributed by atoms with Crippen LogP contribution < -0.4 is 0 Å². The molecule has 1 atom stereocenters. The molecule has 124 valence electrons. The number of halogens is 1. The highest BCUT2D eigenvalue weighted by atomic mass is 35.5. The number of methoxy groups -OCH3 is 1. The fourth-order valence-corrected chi connectivity index (χ4v) is 2.46. The number of aromatic amines is 1. The molecule has 0 aliphatic carbocycles. The number of hydrogen-bond acceptors (Lipinski definition) is 4. The van der Waals surface area contributed by atoms with Crippen molar-refractivity contribution < 1.29 is 14.3 Å². The molecule has 0 bridgehead atoms. The predicted molar refractivity (Wildman–Crippen MR) is 89.6 cm³/mol. The Kier molecular flexibility index (Phi) is 5.55. The monoisotopic (exact) mass is 347 g/mol. The summed E-state index contributed by atoms with van der Waals surface area (Å²) in [5.74, 6) is -0.955. The third-order valence-electron chi connectivity index (χ3n) is 3.56. The van der Waals surface area contributed by atoms with Gasteiger partial charge in [0.25, 0.3) is 12.5 Å². The van der Waals surface area contributed by atoms with Gasteiger partial charge in [-0.15, -0.1) is 0 Å². The average molecular weight is 348 g/mol. The van der Waals surface area contributed by atoms with Gasteiger partial charge in [0.1, 0.15) is 6.04 Å². The van der Waals surface area contributed by atoms with E-state index in [1.807, 2.05) is 0 Å². The number of aromatic nitrogens is 2. The van der Waals surface area contributed by atoms with Crippen LogP contribution in [0.5, 0.6) is 0 Å². The summed E-state index contributed by atoms with van der Waals surface area (Å²) in [5.41, 5.74) is 1.39. The highest BCUT2D eigenvalue weighted by Gasteiger charge is 2.30. The van der Waals surface area contributed by atoms with Crippen LogP contribution in [0.4, 0.5) is 5.69 Å². The Morgan fingerprint density at radius 3 is 2.79 bits per heavy atom. The first-order chi connectivity index (χ1) is 11.5. The summed E-state index contributed by atoms with van der Waals surface area (Å²) >= 11 is 6.11. The average Bonchev–Trinajstić information content (AvgIpc) is 3.10. The van der Waals surface area contributed by atoms with Crippen LogP contribution in [0, 0.1) is 6.57 Å². The first kappa shape index (κ1) is 17.5. The number of imidazole rings is 1. The second-order valence-electron chi connectivity index (χ2n) is 5.03. The van der Waals surface area contributed by atoms with Crippen LogP contribution in [0.15, 0.2) is 30.7 Å². The third-order valence-corrected chi connectivity index (χ3v) is 3.87. The Balaban J connectivity index is 2.28. The fourth-order valence-electron chi connectivity index (χ4n) is 2.21. The third kappa shape index (κ3) is 3.73. The summed E-state index contributed by atoms with van der Waals surface area (Å²) in [6.07, 6.45) is 3.32. The van der Waals surface area contributed by atoms with Crippen molar-refractivity contribution in [3.8, 4) is 6.57 Å². The minimum atomic E-state index is -0.821. The van der Waals surface area contributed by atoms with E-state index in [-0.39, 0.29) is 17.0 Å². The Morgan fingerprint density at radius 2 is 2.25 bits per heavy atom. The number of rotatable bonds is 5. The molecule has 8 heteroatoms. The summed E-state index contributed by atoms with van der Waals surface area (Å²) in [5, 5.41) is 0.198. The van der Waals surface area contributed by atoms with Crippen LogP contribution in [-0.4, -0.2) is 46.9 Å². The number of benzene rings is 1. The lowest BCUT2D eigenvalue weighted by Gasteiger charge is -2.26. The zero-order chi connectivity index (χ0) is 17.7. The minimum Gasteiger partial charge on any atom is -0.467 e. The standard InChI is InChI=1S/C16H16ClN4O3/c1-18-10-4-5-12(13(17)6-10)15(22)21(2)14(16(23)24-3)7-11-8-19-9-20-11/h1,4-6,8-9,14H,7H2,2-3H3,(H,19,20)/q+1/t14-/m1/s1. The number of likely N-dealkylation sites (N-methyl/N-ethyl adjacent to an activating group) is 1. The molecule has 0 radical (unpaired) electrons. The number of hydrogen-bond donors (Lipinski definition) is 1. The van der Waals surface area contributed by atoms with Gasteiger partial charge in [-0.25, -0.2) is 9.78 Å². The maximum Gasteiger partial charge on any atom is 0.341 e. The van der Waals surface area contributed by atoms with Crippen molar-refractivity contribution in [3.05, 3.63) is 51.8 Å². The van der Waals surface area contributed by atoms with Gasteiger partial charge in [0.05, 0.1) is 24.0 Å². The van der Waals surface area contributed by atoms with Gasteiger partial charge < -0.3 is 14.6 Å². The van der Waals surface area contributed by atoms with Crippen molar-refractivity contribution >= 4 is 29.2 Å². The highest BCUT2D eigenvalue weighted by Crippen LogP contribution is 2.24. The molecule has 7 nitrogen and oxygen atoms in total. The Hall–Kier alpha value is -2.85. The van der Waals surface area contributed by atoms with E-state index in [0.717, 1.165) is 0 Å². The lowest BCUT2D eigenvalue weighted by Crippen LogP contribution is -2.44. The molecule has 0 fully saturated rings. The lowest BCUT2D eigenvalue weighted by molar-refractivity contribution is -0.145. The van der Waals surface area contributed by atoms with Crippen LogP contribution in [-0.2, 0) is 16.0 Å². The fraction of sp³-hybridized carbons (Fsp3) is 0.250. The van der Waals surface area contributed by atoms with Crippen LogP contribution in [0.25, 0.3) is 4.85 Å². The molecule has 1 aromatic heterocycles. The number of carbonyl (C=O) groups excluding carboxylic acids is 2. The summed E-state index contributed by atoms with van der Waals surface area (Å²) in [7, 11) is 2.78. The molecule has 24 heavy (non-hydrogen) atoms. The van der Waals surface area contributed by atoms with Crippen molar-refractivity contribution in [2.45, 2.75) is 12.5 Å². The summed E-state index contributed by atoms with van der Waals surface area (Å²) in [4.78, 5) is 36.4. The Bertz CT molecular complexity index is 783. The van der Waals surface area contributed by atoms with Crippen LogP contribution in [0.1, 0.15) is 16.1 Å². The van der Waals surface area contributed by atoms with E-state index in [2.05, 4.69) is 14.8 Å². The maximum atomic E-state index is 12.7.